The number of halogens is 2. The highest BCUT2D eigenvalue weighted by Gasteiger charge is 2.18. The highest BCUT2D eigenvalue weighted by molar-refractivity contribution is 6.30. The highest BCUT2D eigenvalue weighted by atomic mass is 35.5. The smallest absolute Gasteiger partial charge is 0.280 e. The first-order valence-corrected chi connectivity index (χ1v) is 21.2. The normalized spacial score (nSPS) is 11.1. The topological polar surface area (TPSA) is 138 Å². The maximum absolute atomic E-state index is 14.3. The second kappa shape index (κ2) is 18.4. The fourth-order valence-electron chi connectivity index (χ4n) is 7.84. The van der Waals surface area contributed by atoms with E-state index in [-0.39, 0.29) is 28.9 Å². The fraction of sp³-hybridized carbons (Fsp3) is 0.0769. The SMILES string of the molecule is Cc1c2c(=O)n(-c3cccc(Cl)c3)[nH]c2cc(=O)n1Cc1cccc(Oc2ccccc2)c1.Cc1c2c(=O)n(-c3ccccc3F)[nH]c2cc(=O)n1Cc1cccc(Oc2ccccc2)c1. The molecule has 0 saturated carbocycles. The van der Waals surface area contributed by atoms with Crippen LogP contribution in [-0.4, -0.2) is 28.7 Å². The van der Waals surface area contributed by atoms with Crippen LogP contribution in [0.2, 0.25) is 5.02 Å². The number of aromatic nitrogens is 6. The Morgan fingerprint density at radius 2 is 0.955 bits per heavy atom. The van der Waals surface area contributed by atoms with Crippen molar-refractivity contribution in [1.29, 1.82) is 0 Å². The third-order valence-corrected chi connectivity index (χ3v) is 11.3. The van der Waals surface area contributed by atoms with Gasteiger partial charge in [-0.3, -0.25) is 29.4 Å². The third kappa shape index (κ3) is 8.88. The van der Waals surface area contributed by atoms with Crippen LogP contribution in [0.5, 0.6) is 23.0 Å². The molecule has 0 spiro atoms. The molecule has 0 radical (unpaired) electrons. The van der Waals surface area contributed by atoms with Crippen molar-refractivity contribution in [1.82, 2.24) is 28.7 Å². The summed E-state index contributed by atoms with van der Waals surface area (Å²) in [6, 6.07) is 49.7. The number of pyridine rings is 2. The van der Waals surface area contributed by atoms with Crippen LogP contribution in [-0.2, 0) is 13.1 Å². The van der Waals surface area contributed by atoms with Gasteiger partial charge in [-0.1, -0.05) is 90.5 Å². The zero-order valence-corrected chi connectivity index (χ0v) is 36.3. The molecule has 6 aromatic carbocycles. The van der Waals surface area contributed by atoms with Crippen LogP contribution in [0.4, 0.5) is 4.39 Å². The summed E-state index contributed by atoms with van der Waals surface area (Å²) in [5.41, 5.74) is 3.26. The predicted octanol–water partition coefficient (Wildman–Crippen LogP) is 10.1. The Balaban J connectivity index is 0.000000166. The Kier molecular flexibility index (Phi) is 11.9. The zero-order chi connectivity index (χ0) is 45.9. The van der Waals surface area contributed by atoms with Crippen LogP contribution >= 0.6 is 11.6 Å². The Labute approximate surface area is 380 Å². The van der Waals surface area contributed by atoms with E-state index >= 15 is 0 Å². The van der Waals surface area contributed by atoms with E-state index in [2.05, 4.69) is 10.2 Å². The summed E-state index contributed by atoms with van der Waals surface area (Å²) in [5, 5.41) is 7.22. The first-order chi connectivity index (χ1) is 32.0. The van der Waals surface area contributed by atoms with Crippen molar-refractivity contribution in [3.63, 3.8) is 0 Å². The fourth-order valence-corrected chi connectivity index (χ4v) is 8.03. The van der Waals surface area contributed by atoms with E-state index in [0.29, 0.717) is 67.7 Å². The molecule has 10 rings (SSSR count). The number of rotatable bonds is 10. The molecule has 0 bridgehead atoms. The number of aromatic amines is 2. The first kappa shape index (κ1) is 42.9. The molecule has 328 valence electrons. The number of hydrogen-bond acceptors (Lipinski definition) is 6. The Morgan fingerprint density at radius 1 is 0.500 bits per heavy atom. The van der Waals surface area contributed by atoms with Gasteiger partial charge >= 0.3 is 0 Å². The van der Waals surface area contributed by atoms with Crippen molar-refractivity contribution in [2.75, 3.05) is 0 Å². The molecule has 10 aromatic rings. The zero-order valence-electron chi connectivity index (χ0n) is 35.6. The highest BCUT2D eigenvalue weighted by Crippen LogP contribution is 2.25. The van der Waals surface area contributed by atoms with E-state index in [1.165, 1.54) is 33.5 Å². The molecule has 0 fully saturated rings. The summed E-state index contributed by atoms with van der Waals surface area (Å²) in [7, 11) is 0. The van der Waals surface area contributed by atoms with E-state index in [0.717, 1.165) is 21.6 Å². The van der Waals surface area contributed by atoms with Crippen LogP contribution in [0.15, 0.2) is 189 Å². The molecule has 4 aromatic heterocycles. The lowest BCUT2D eigenvalue weighted by Crippen LogP contribution is -2.24. The van der Waals surface area contributed by atoms with Crippen molar-refractivity contribution in [2.24, 2.45) is 0 Å². The van der Waals surface area contributed by atoms with Gasteiger partial charge in [0.25, 0.3) is 22.2 Å². The van der Waals surface area contributed by atoms with E-state index in [9.17, 15) is 23.6 Å². The monoisotopic (exact) mass is 898 g/mol. The summed E-state index contributed by atoms with van der Waals surface area (Å²) < 4.78 is 31.7. The van der Waals surface area contributed by atoms with Crippen molar-refractivity contribution >= 4 is 33.4 Å². The maximum atomic E-state index is 14.3. The largest absolute Gasteiger partial charge is 0.457 e. The third-order valence-electron chi connectivity index (χ3n) is 11.0. The molecule has 0 unspecified atom stereocenters. The van der Waals surface area contributed by atoms with Crippen molar-refractivity contribution < 1.29 is 13.9 Å². The van der Waals surface area contributed by atoms with E-state index < -0.39 is 11.4 Å². The van der Waals surface area contributed by atoms with Gasteiger partial charge in [-0.15, -0.1) is 0 Å². The van der Waals surface area contributed by atoms with Crippen LogP contribution in [0.1, 0.15) is 22.5 Å². The lowest BCUT2D eigenvalue weighted by Gasteiger charge is -2.12. The molecular formula is C52H40ClFN6O6. The predicted molar refractivity (Wildman–Crippen MR) is 255 cm³/mol. The van der Waals surface area contributed by atoms with Gasteiger partial charge in [0.1, 0.15) is 34.5 Å². The Hall–Kier alpha value is -8.42. The van der Waals surface area contributed by atoms with E-state index in [1.54, 1.807) is 54.8 Å². The molecule has 0 aliphatic heterocycles. The number of benzene rings is 6. The molecule has 2 N–H and O–H groups in total. The second-order valence-corrected chi connectivity index (χ2v) is 15.9. The molecule has 4 heterocycles. The molecule has 14 heteroatoms. The molecular weight excluding hydrogens is 859 g/mol. The summed E-state index contributed by atoms with van der Waals surface area (Å²) in [5.74, 6) is 2.24. The first-order valence-electron chi connectivity index (χ1n) is 20.9. The van der Waals surface area contributed by atoms with E-state index in [4.69, 9.17) is 21.1 Å². The number of hydrogen-bond donors (Lipinski definition) is 2. The lowest BCUT2D eigenvalue weighted by molar-refractivity contribution is 0.481. The van der Waals surface area contributed by atoms with Gasteiger partial charge in [-0.05, 0) is 104 Å². The summed E-state index contributed by atoms with van der Waals surface area (Å²) in [6.07, 6.45) is 0. The average molecular weight is 899 g/mol. The van der Waals surface area contributed by atoms with Crippen molar-refractivity contribution in [2.45, 2.75) is 26.9 Å². The second-order valence-electron chi connectivity index (χ2n) is 15.4. The molecule has 12 nitrogen and oxygen atoms in total. The van der Waals surface area contributed by atoms with Gasteiger partial charge in [-0.25, -0.2) is 13.8 Å². The number of fused-ring (bicyclic) bond motifs is 2. The summed E-state index contributed by atoms with van der Waals surface area (Å²) in [6.45, 7) is 4.08. The van der Waals surface area contributed by atoms with Gasteiger partial charge in [0.05, 0.1) is 40.6 Å². The number of para-hydroxylation sites is 3. The Morgan fingerprint density at radius 3 is 1.47 bits per heavy atom. The quantitative estimate of drug-likeness (QED) is 0.140. The lowest BCUT2D eigenvalue weighted by atomic mass is 10.2. The number of nitrogens with zero attached hydrogens (tertiary/aromatic N) is 4. The standard InChI is InChI=1S/C26H20ClN3O3.C26H20FN3O3/c1-17-25-23(28-30(26(25)32)20-9-6-8-19(27)14-20)15-24(31)29(17)16-18-7-5-12-22(13-18)33-21-10-3-2-4-11-21;1-17-25-22(28-30(26(25)32)23-13-6-5-12-21(23)27)15-24(31)29(17)16-18-8-7-11-20(14-18)33-19-9-3-2-4-10-19/h2*2-15,28H,16H2,1H3. The van der Waals surface area contributed by atoms with Crippen molar-refractivity contribution in [3.05, 3.63) is 245 Å². The maximum Gasteiger partial charge on any atom is 0.280 e. The molecule has 0 aliphatic rings. The molecule has 0 saturated heterocycles. The number of aryl methyl sites for hydroxylation is 2. The number of ether oxygens (including phenoxy) is 2. The Bertz CT molecular complexity index is 3650. The van der Waals surface area contributed by atoms with Gasteiger partial charge < -0.3 is 18.6 Å². The molecule has 0 amide bonds. The number of nitrogens with one attached hydrogen (secondary N) is 2. The minimum Gasteiger partial charge on any atom is -0.457 e. The van der Waals surface area contributed by atoms with Gasteiger partial charge in [0.15, 0.2) is 0 Å². The van der Waals surface area contributed by atoms with Crippen LogP contribution in [0.25, 0.3) is 33.2 Å². The molecule has 0 atom stereocenters. The van der Waals surface area contributed by atoms with Crippen LogP contribution in [0.3, 0.4) is 0 Å². The van der Waals surface area contributed by atoms with E-state index in [1.807, 2.05) is 109 Å². The summed E-state index contributed by atoms with van der Waals surface area (Å²) in [4.78, 5) is 52.1. The summed E-state index contributed by atoms with van der Waals surface area (Å²) >= 11 is 6.09. The van der Waals surface area contributed by atoms with Crippen LogP contribution in [0, 0.1) is 19.7 Å². The average Bonchev–Trinajstić information content (AvgIpc) is 3.82. The molecule has 0 aliphatic carbocycles. The van der Waals surface area contributed by atoms with Gasteiger partial charge in [0, 0.05) is 28.5 Å². The minimum atomic E-state index is -0.533. The minimum absolute atomic E-state index is 0.0999. The molecule has 66 heavy (non-hydrogen) atoms. The van der Waals surface area contributed by atoms with Crippen molar-refractivity contribution in [3.8, 4) is 34.4 Å². The van der Waals surface area contributed by atoms with Gasteiger partial charge in [0.2, 0.25) is 0 Å². The van der Waals surface area contributed by atoms with Crippen LogP contribution < -0.4 is 31.7 Å². The van der Waals surface area contributed by atoms with Gasteiger partial charge in [-0.2, -0.15) is 0 Å². The number of H-pyrrole nitrogens is 2.